The molecule has 12 nitrogen and oxygen atoms in total. The number of amides is 4. The Hall–Kier alpha value is -2.67. The summed E-state index contributed by atoms with van der Waals surface area (Å²) in [6, 6.07) is -1.69. The molecular weight excluding hydrogens is 514 g/mol. The third-order valence-corrected chi connectivity index (χ3v) is 8.43. The Morgan fingerprint density at radius 1 is 1.13 bits per heavy atom. The summed E-state index contributed by atoms with van der Waals surface area (Å²) in [5.41, 5.74) is -2.15. The van der Waals surface area contributed by atoms with Gasteiger partial charge in [-0.1, -0.05) is 25.0 Å². The van der Waals surface area contributed by atoms with E-state index in [9.17, 15) is 27.6 Å². The maximum atomic E-state index is 13.6. The number of carbonyl (C=O) groups is 4. The molecule has 0 bridgehead atoms. The first-order chi connectivity index (χ1) is 17.7. The quantitative estimate of drug-likeness (QED) is 0.440. The summed E-state index contributed by atoms with van der Waals surface area (Å²) in [6.45, 7) is 5.54. The number of alkyl carbamates (subject to hydrolysis) is 1. The van der Waals surface area contributed by atoms with Gasteiger partial charge in [0.1, 0.15) is 23.2 Å². The molecule has 4 amide bonds. The van der Waals surface area contributed by atoms with Gasteiger partial charge in [0.15, 0.2) is 0 Å². The predicted octanol–water partition coefficient (Wildman–Crippen LogP) is 1.19. The molecule has 2 aliphatic heterocycles. The van der Waals surface area contributed by atoms with Crippen molar-refractivity contribution in [3.05, 3.63) is 12.2 Å². The standard InChI is InChI=1S/C25H41N5O7S/c1-24(2,3)37-23(34)26-18-13-10-8-6-7-9-12-17-16-25(17,22(33)28-38(35,36)29(4)5)27-20(31)19-14-11-15-30(19)21(18)32/h9,12,17-19H,6-8,10-11,13-16H2,1-5H3,(H,26,34)(H,27,31)(H,28,33). The molecule has 3 rings (SSSR count). The van der Waals surface area contributed by atoms with E-state index >= 15 is 0 Å². The van der Waals surface area contributed by atoms with Gasteiger partial charge in [-0.25, -0.2) is 9.52 Å². The topological polar surface area (TPSA) is 154 Å². The summed E-state index contributed by atoms with van der Waals surface area (Å²) >= 11 is 0. The molecular formula is C25H41N5O7S. The normalized spacial score (nSPS) is 28.9. The smallest absolute Gasteiger partial charge is 0.408 e. The van der Waals surface area contributed by atoms with E-state index in [4.69, 9.17) is 4.74 Å². The van der Waals surface area contributed by atoms with Gasteiger partial charge in [0, 0.05) is 26.6 Å². The van der Waals surface area contributed by atoms with Crippen LogP contribution in [0.2, 0.25) is 0 Å². The lowest BCUT2D eigenvalue weighted by molar-refractivity contribution is -0.141. The molecule has 2 heterocycles. The van der Waals surface area contributed by atoms with E-state index in [0.29, 0.717) is 32.2 Å². The van der Waals surface area contributed by atoms with E-state index in [1.165, 1.54) is 19.0 Å². The SMILES string of the molecule is CN(C)S(=O)(=O)NC(=O)C12CC1C=CCCCCCC(NC(=O)OC(C)(C)C)C(=O)N1CCCC1C(=O)N2. The highest BCUT2D eigenvalue weighted by Crippen LogP contribution is 2.45. The molecule has 0 aromatic carbocycles. The molecule has 0 radical (unpaired) electrons. The van der Waals surface area contributed by atoms with Gasteiger partial charge in [0.25, 0.3) is 5.91 Å². The Morgan fingerprint density at radius 3 is 2.50 bits per heavy atom. The van der Waals surface area contributed by atoms with Crippen molar-refractivity contribution in [2.45, 2.75) is 95.4 Å². The fourth-order valence-corrected chi connectivity index (χ4v) is 5.44. The van der Waals surface area contributed by atoms with Crippen LogP contribution in [0.25, 0.3) is 0 Å². The summed E-state index contributed by atoms with van der Waals surface area (Å²) in [4.78, 5) is 54.1. The van der Waals surface area contributed by atoms with Gasteiger partial charge >= 0.3 is 16.3 Å². The molecule has 3 aliphatic rings. The molecule has 0 aromatic heterocycles. The number of allylic oxidation sites excluding steroid dienone is 1. The summed E-state index contributed by atoms with van der Waals surface area (Å²) in [5, 5.41) is 5.48. The minimum absolute atomic E-state index is 0.257. The van der Waals surface area contributed by atoms with Crippen LogP contribution in [-0.4, -0.2) is 85.3 Å². The van der Waals surface area contributed by atoms with Crippen molar-refractivity contribution in [3.8, 4) is 0 Å². The highest BCUT2D eigenvalue weighted by Gasteiger charge is 2.61. The van der Waals surface area contributed by atoms with E-state index in [1.54, 1.807) is 20.8 Å². The molecule has 1 aliphatic carbocycles. The van der Waals surface area contributed by atoms with Crippen LogP contribution in [0.15, 0.2) is 12.2 Å². The Kier molecular flexibility index (Phi) is 9.12. The Labute approximate surface area is 225 Å². The van der Waals surface area contributed by atoms with Crippen molar-refractivity contribution in [1.29, 1.82) is 0 Å². The largest absolute Gasteiger partial charge is 0.444 e. The average Bonchev–Trinajstić information content (AvgIpc) is 3.26. The van der Waals surface area contributed by atoms with Crippen LogP contribution < -0.4 is 15.4 Å². The lowest BCUT2D eigenvalue weighted by Crippen LogP contribution is -2.58. The first-order valence-corrected chi connectivity index (χ1v) is 14.6. The lowest BCUT2D eigenvalue weighted by atomic mass is 10.0. The minimum atomic E-state index is -4.06. The number of hydrogen-bond donors (Lipinski definition) is 3. The minimum Gasteiger partial charge on any atom is -0.444 e. The number of nitrogens with one attached hydrogen (secondary N) is 3. The van der Waals surface area contributed by atoms with Crippen molar-refractivity contribution >= 4 is 34.0 Å². The zero-order chi connectivity index (χ0) is 28.3. The summed E-state index contributed by atoms with van der Waals surface area (Å²) in [5.74, 6) is -2.06. The zero-order valence-electron chi connectivity index (χ0n) is 22.9. The molecule has 4 atom stereocenters. The van der Waals surface area contributed by atoms with Gasteiger partial charge in [-0.3, -0.25) is 14.4 Å². The van der Waals surface area contributed by atoms with Gasteiger partial charge in [-0.15, -0.1) is 0 Å². The number of nitrogens with zero attached hydrogens (tertiary/aromatic N) is 2. The van der Waals surface area contributed by atoms with E-state index in [0.717, 1.165) is 23.6 Å². The van der Waals surface area contributed by atoms with Gasteiger partial charge in [-0.2, -0.15) is 12.7 Å². The van der Waals surface area contributed by atoms with Crippen molar-refractivity contribution in [1.82, 2.24) is 24.6 Å². The Balaban J connectivity index is 1.84. The van der Waals surface area contributed by atoms with Crippen LogP contribution in [-0.2, 0) is 29.3 Å². The monoisotopic (exact) mass is 555 g/mol. The van der Waals surface area contributed by atoms with E-state index in [1.807, 2.05) is 12.2 Å². The fourth-order valence-electron chi connectivity index (χ4n) is 4.84. The average molecular weight is 556 g/mol. The van der Waals surface area contributed by atoms with Crippen molar-refractivity contribution in [3.63, 3.8) is 0 Å². The lowest BCUT2D eigenvalue weighted by Gasteiger charge is -2.30. The predicted molar refractivity (Wildman–Crippen MR) is 140 cm³/mol. The molecule has 1 saturated carbocycles. The van der Waals surface area contributed by atoms with Crippen LogP contribution in [0.4, 0.5) is 4.79 Å². The molecule has 3 N–H and O–H groups in total. The van der Waals surface area contributed by atoms with Crippen LogP contribution in [0.3, 0.4) is 0 Å². The number of fused-ring (bicyclic) bond motifs is 2. The van der Waals surface area contributed by atoms with Crippen LogP contribution in [0.1, 0.15) is 72.1 Å². The highest BCUT2D eigenvalue weighted by atomic mass is 32.2. The van der Waals surface area contributed by atoms with Crippen molar-refractivity contribution < 1.29 is 32.3 Å². The maximum Gasteiger partial charge on any atom is 0.408 e. The van der Waals surface area contributed by atoms with Crippen molar-refractivity contribution in [2.75, 3.05) is 20.6 Å². The molecule has 0 spiro atoms. The number of rotatable bonds is 4. The second-order valence-electron chi connectivity index (χ2n) is 11.4. The van der Waals surface area contributed by atoms with Crippen LogP contribution >= 0.6 is 0 Å². The number of carbonyl (C=O) groups excluding carboxylic acids is 4. The van der Waals surface area contributed by atoms with Gasteiger partial charge < -0.3 is 20.3 Å². The number of hydrogen-bond acceptors (Lipinski definition) is 7. The first-order valence-electron chi connectivity index (χ1n) is 13.2. The Morgan fingerprint density at radius 2 is 1.84 bits per heavy atom. The fraction of sp³-hybridized carbons (Fsp3) is 0.760. The van der Waals surface area contributed by atoms with Gasteiger partial charge in [0.05, 0.1) is 0 Å². The van der Waals surface area contributed by atoms with Crippen LogP contribution in [0.5, 0.6) is 0 Å². The van der Waals surface area contributed by atoms with Gasteiger partial charge in [0.2, 0.25) is 11.8 Å². The molecule has 13 heteroatoms. The van der Waals surface area contributed by atoms with E-state index < -0.39 is 51.3 Å². The second kappa shape index (κ2) is 11.6. The molecule has 0 aromatic rings. The first kappa shape index (κ1) is 29.9. The van der Waals surface area contributed by atoms with Crippen molar-refractivity contribution in [2.24, 2.45) is 5.92 Å². The molecule has 2 fully saturated rings. The third-order valence-electron chi connectivity index (χ3n) is 7.03. The molecule has 4 unspecified atom stereocenters. The highest BCUT2D eigenvalue weighted by molar-refractivity contribution is 7.87. The number of ether oxygens (including phenoxy) is 1. The maximum absolute atomic E-state index is 13.6. The summed E-state index contributed by atoms with van der Waals surface area (Å²) in [7, 11) is -1.45. The summed E-state index contributed by atoms with van der Waals surface area (Å²) in [6.07, 6.45) is 7.82. The van der Waals surface area contributed by atoms with E-state index in [2.05, 4.69) is 15.4 Å². The second-order valence-corrected chi connectivity index (χ2v) is 13.3. The third kappa shape index (κ3) is 7.25. The molecule has 214 valence electrons. The summed E-state index contributed by atoms with van der Waals surface area (Å²) < 4.78 is 33.0. The van der Waals surface area contributed by atoms with Crippen LogP contribution in [0, 0.1) is 5.92 Å². The molecule has 38 heavy (non-hydrogen) atoms. The van der Waals surface area contributed by atoms with E-state index in [-0.39, 0.29) is 18.2 Å². The molecule has 1 saturated heterocycles. The Bertz CT molecular complexity index is 1070. The zero-order valence-corrected chi connectivity index (χ0v) is 23.7. The van der Waals surface area contributed by atoms with Gasteiger partial charge in [-0.05, 0) is 59.3 Å².